The van der Waals surface area contributed by atoms with E-state index in [1.165, 1.54) is 21.3 Å². The van der Waals surface area contributed by atoms with Gasteiger partial charge in [-0.15, -0.1) is 0 Å². The van der Waals surface area contributed by atoms with E-state index in [1.807, 2.05) is 30.3 Å². The van der Waals surface area contributed by atoms with E-state index in [9.17, 15) is 4.79 Å². The van der Waals surface area contributed by atoms with Gasteiger partial charge in [0.25, 0.3) is 0 Å². The Labute approximate surface area is 176 Å². The van der Waals surface area contributed by atoms with Crippen molar-refractivity contribution in [3.8, 4) is 28.5 Å². The highest BCUT2D eigenvalue weighted by molar-refractivity contribution is 5.63. The minimum Gasteiger partial charge on any atom is -0.496 e. The average molecular weight is 420 g/mol. The van der Waals surface area contributed by atoms with Crippen LogP contribution in [0.2, 0.25) is 0 Å². The van der Waals surface area contributed by atoms with Crippen LogP contribution in [0.15, 0.2) is 56.2 Å². The Hall–Kier alpha value is -4.20. The maximum atomic E-state index is 12.6. The Morgan fingerprint density at radius 2 is 1.68 bits per heavy atom. The Morgan fingerprint density at radius 3 is 2.35 bits per heavy atom. The molecule has 4 rings (SSSR count). The lowest BCUT2D eigenvalue weighted by molar-refractivity contribution is 0.348. The topological polar surface area (TPSA) is 99.7 Å². The first-order valence-corrected chi connectivity index (χ1v) is 9.31. The van der Waals surface area contributed by atoms with E-state index in [2.05, 4.69) is 16.7 Å². The largest absolute Gasteiger partial charge is 0.496 e. The average Bonchev–Trinajstić information content (AvgIpc) is 3.35. The highest BCUT2D eigenvalue weighted by Crippen LogP contribution is 2.34. The zero-order valence-electron chi connectivity index (χ0n) is 17.2. The molecule has 0 spiro atoms. The zero-order valence-corrected chi connectivity index (χ0v) is 17.2. The van der Waals surface area contributed by atoms with Gasteiger partial charge < -0.3 is 28.1 Å². The van der Waals surface area contributed by atoms with Gasteiger partial charge in [0.15, 0.2) is 16.9 Å². The second kappa shape index (κ2) is 8.27. The van der Waals surface area contributed by atoms with Gasteiger partial charge in [-0.25, -0.2) is 4.79 Å². The van der Waals surface area contributed by atoms with E-state index in [4.69, 9.17) is 23.2 Å². The number of aromatic amines is 1. The summed E-state index contributed by atoms with van der Waals surface area (Å²) in [6.45, 7) is 3.86. The van der Waals surface area contributed by atoms with E-state index in [0.29, 0.717) is 33.7 Å². The number of rotatable bonds is 5. The highest BCUT2D eigenvalue weighted by atomic mass is 16.5. The van der Waals surface area contributed by atoms with Gasteiger partial charge >= 0.3 is 5.63 Å². The second-order valence-electron chi connectivity index (χ2n) is 6.55. The predicted octanol–water partition coefficient (Wildman–Crippen LogP) is 2.17. The number of hydrogen-bond acceptors (Lipinski definition) is 7. The van der Waals surface area contributed by atoms with Crippen molar-refractivity contribution in [3.05, 3.63) is 80.0 Å². The Bertz CT molecular complexity index is 1480. The molecule has 0 aliphatic rings. The molecule has 0 aliphatic carbocycles. The molecule has 158 valence electrons. The Morgan fingerprint density at radius 1 is 1.00 bits per heavy atom. The molecule has 0 fully saturated rings. The van der Waals surface area contributed by atoms with E-state index < -0.39 is 5.63 Å². The van der Waals surface area contributed by atoms with Crippen LogP contribution in [0.3, 0.4) is 0 Å². The van der Waals surface area contributed by atoms with Crippen molar-refractivity contribution < 1.29 is 23.2 Å². The Balaban J connectivity index is 1.98. The van der Waals surface area contributed by atoms with Crippen LogP contribution in [0, 0.1) is 10.8 Å². The third-order valence-corrected chi connectivity index (χ3v) is 4.74. The van der Waals surface area contributed by atoms with Gasteiger partial charge in [0.05, 0.1) is 21.3 Å². The first-order valence-electron chi connectivity index (χ1n) is 9.31. The maximum Gasteiger partial charge on any atom is 0.361 e. The van der Waals surface area contributed by atoms with Gasteiger partial charge in [-0.05, 0) is 12.1 Å². The number of oxazole rings is 1. The summed E-state index contributed by atoms with van der Waals surface area (Å²) >= 11 is 0. The molecule has 0 saturated heterocycles. The molecular weight excluding hydrogens is 400 g/mol. The summed E-state index contributed by atoms with van der Waals surface area (Å²) in [6.07, 6.45) is 1.61. The SMILES string of the molecule is C=c1onc(-c2ccccc2)c1=c1[nH]/c(=C\c2cc(OC)c(OC)cc2OC)c(=O)o1. The van der Waals surface area contributed by atoms with E-state index in [1.54, 1.807) is 18.2 Å². The summed E-state index contributed by atoms with van der Waals surface area (Å²) in [7, 11) is 4.59. The minimum absolute atomic E-state index is 0.195. The number of hydrogen-bond donors (Lipinski definition) is 1. The van der Waals surface area contributed by atoms with Crippen molar-refractivity contribution in [2.45, 2.75) is 0 Å². The first kappa shape index (κ1) is 20.1. The van der Waals surface area contributed by atoms with Crippen molar-refractivity contribution in [3.63, 3.8) is 0 Å². The van der Waals surface area contributed by atoms with Crippen LogP contribution in [0.4, 0.5) is 0 Å². The lowest BCUT2D eigenvalue weighted by Crippen LogP contribution is -2.20. The number of methoxy groups -OCH3 is 3. The van der Waals surface area contributed by atoms with E-state index in [0.717, 1.165) is 5.56 Å². The molecule has 0 unspecified atom stereocenters. The maximum absolute atomic E-state index is 12.6. The molecule has 0 aliphatic heterocycles. The van der Waals surface area contributed by atoms with Crippen LogP contribution in [0.1, 0.15) is 5.56 Å². The molecule has 31 heavy (non-hydrogen) atoms. The summed E-state index contributed by atoms with van der Waals surface area (Å²) in [5, 5.41) is 4.76. The van der Waals surface area contributed by atoms with Crippen molar-refractivity contribution in [1.82, 2.24) is 10.1 Å². The molecule has 0 atom stereocenters. The van der Waals surface area contributed by atoms with Gasteiger partial charge in [-0.2, -0.15) is 0 Å². The number of ether oxygens (including phenoxy) is 3. The number of nitrogens with zero attached hydrogens (tertiary/aromatic N) is 1. The molecule has 2 heterocycles. The second-order valence-corrected chi connectivity index (χ2v) is 6.55. The lowest BCUT2D eigenvalue weighted by Gasteiger charge is -2.11. The summed E-state index contributed by atoms with van der Waals surface area (Å²) in [6, 6.07) is 12.8. The molecule has 2 aromatic heterocycles. The van der Waals surface area contributed by atoms with Crippen LogP contribution < -0.4 is 30.6 Å². The fourth-order valence-corrected chi connectivity index (χ4v) is 3.23. The predicted molar refractivity (Wildman–Crippen MR) is 113 cm³/mol. The zero-order chi connectivity index (χ0) is 22.0. The van der Waals surface area contributed by atoms with Crippen molar-refractivity contribution in [2.24, 2.45) is 0 Å². The molecular formula is C23H20N2O6. The normalized spacial score (nSPS) is 12.7. The molecule has 0 saturated carbocycles. The monoisotopic (exact) mass is 420 g/mol. The fourth-order valence-electron chi connectivity index (χ4n) is 3.23. The van der Waals surface area contributed by atoms with Gasteiger partial charge in [-0.3, -0.25) is 0 Å². The molecule has 1 N–H and O–H groups in total. The molecule has 2 aromatic carbocycles. The first-order chi connectivity index (χ1) is 15.0. The van der Waals surface area contributed by atoms with Crippen LogP contribution in [0.5, 0.6) is 17.2 Å². The molecule has 8 heteroatoms. The van der Waals surface area contributed by atoms with Crippen LogP contribution in [-0.4, -0.2) is 31.5 Å². The van der Waals surface area contributed by atoms with Crippen LogP contribution in [-0.2, 0) is 0 Å². The third-order valence-electron chi connectivity index (χ3n) is 4.74. The van der Waals surface area contributed by atoms with Crippen LogP contribution in [0.25, 0.3) is 23.9 Å². The Kier molecular flexibility index (Phi) is 5.36. The quantitative estimate of drug-likeness (QED) is 0.528. The minimum atomic E-state index is -0.563. The lowest BCUT2D eigenvalue weighted by atomic mass is 10.1. The van der Waals surface area contributed by atoms with Gasteiger partial charge in [-0.1, -0.05) is 42.1 Å². The van der Waals surface area contributed by atoms with Gasteiger partial charge in [0, 0.05) is 17.2 Å². The van der Waals surface area contributed by atoms with Crippen molar-refractivity contribution >= 4 is 12.7 Å². The van der Waals surface area contributed by atoms with Crippen molar-refractivity contribution in [2.75, 3.05) is 21.3 Å². The van der Waals surface area contributed by atoms with E-state index in [-0.39, 0.29) is 16.3 Å². The molecule has 0 amide bonds. The van der Waals surface area contributed by atoms with Gasteiger partial charge in [0.2, 0.25) is 5.55 Å². The standard InChI is InChI=1S/C23H20N2O6/c1-13-20(21(25-31-13)14-8-6-5-7-9-14)22-24-16(23(26)30-22)10-15-11-18(28-3)19(29-4)12-17(15)27-2/h5-12,24H,1H2,2-4H3/b16-10-,22-20?. The summed E-state index contributed by atoms with van der Waals surface area (Å²) in [4.78, 5) is 15.6. The summed E-state index contributed by atoms with van der Waals surface area (Å²) in [5.74, 6) is 1.51. The highest BCUT2D eigenvalue weighted by Gasteiger charge is 2.12. The molecule has 8 nitrogen and oxygen atoms in total. The third kappa shape index (κ3) is 3.71. The van der Waals surface area contributed by atoms with E-state index >= 15 is 0 Å². The molecule has 0 bridgehead atoms. The number of H-pyrrole nitrogens is 1. The van der Waals surface area contributed by atoms with Crippen LogP contribution >= 0.6 is 0 Å². The fraction of sp³-hybridized carbons (Fsp3) is 0.130. The van der Waals surface area contributed by atoms with Gasteiger partial charge in [0.1, 0.15) is 22.0 Å². The summed E-state index contributed by atoms with van der Waals surface area (Å²) < 4.78 is 26.8. The van der Waals surface area contributed by atoms with Crippen molar-refractivity contribution in [1.29, 1.82) is 0 Å². The number of nitrogens with one attached hydrogen (secondary N) is 1. The molecule has 4 aromatic rings. The number of aromatic nitrogens is 2. The molecule has 0 radical (unpaired) electrons. The smallest absolute Gasteiger partial charge is 0.361 e. The number of benzene rings is 2. The summed E-state index contributed by atoms with van der Waals surface area (Å²) in [5.41, 5.74) is 1.84.